The summed E-state index contributed by atoms with van der Waals surface area (Å²) in [4.78, 5) is 4.69. The third kappa shape index (κ3) is 1.49. The molecule has 1 aromatic heterocycles. The Bertz CT molecular complexity index is 569. The molecular weight excluding hydrogens is 234 g/mol. The first-order chi connectivity index (χ1) is 8.15. The van der Waals surface area contributed by atoms with Crippen LogP contribution < -0.4 is 5.73 Å². The van der Waals surface area contributed by atoms with Crippen molar-refractivity contribution >= 4 is 22.6 Å². The van der Waals surface area contributed by atoms with E-state index in [1.807, 2.05) is 18.2 Å². The fraction of sp³-hybridized carbons (Fsp3) is 0.462. The second kappa shape index (κ2) is 3.72. The lowest BCUT2D eigenvalue weighted by molar-refractivity contribution is 0.232. The highest BCUT2D eigenvalue weighted by Crippen LogP contribution is 2.40. The Hall–Kier alpha value is -1.06. The molecule has 0 saturated heterocycles. The van der Waals surface area contributed by atoms with Crippen LogP contribution >= 0.6 is 11.6 Å². The van der Waals surface area contributed by atoms with Crippen LogP contribution in [0, 0.1) is 0 Å². The molecule has 0 atom stereocenters. The number of imidazole rings is 1. The highest BCUT2D eigenvalue weighted by molar-refractivity contribution is 6.35. The summed E-state index contributed by atoms with van der Waals surface area (Å²) in [5.41, 5.74) is 8.12. The van der Waals surface area contributed by atoms with Gasteiger partial charge >= 0.3 is 0 Å². The number of hydrogen-bond donors (Lipinski definition) is 1. The minimum Gasteiger partial charge on any atom is -0.325 e. The van der Waals surface area contributed by atoms with Crippen LogP contribution in [0.2, 0.25) is 5.02 Å². The summed E-state index contributed by atoms with van der Waals surface area (Å²) in [5, 5.41) is 0.756. The Kier molecular flexibility index (Phi) is 2.42. The molecule has 2 N–H and O–H groups in total. The quantitative estimate of drug-likeness (QED) is 0.889. The Balaban J connectivity index is 2.29. The van der Waals surface area contributed by atoms with Gasteiger partial charge < -0.3 is 10.3 Å². The van der Waals surface area contributed by atoms with Crippen molar-refractivity contribution in [2.24, 2.45) is 5.73 Å². The maximum absolute atomic E-state index is 6.39. The van der Waals surface area contributed by atoms with Crippen molar-refractivity contribution in [3.63, 3.8) is 0 Å². The van der Waals surface area contributed by atoms with Gasteiger partial charge in [0.05, 0.1) is 21.6 Å². The molecule has 1 saturated carbocycles. The Labute approximate surface area is 106 Å². The number of benzene rings is 1. The number of halogens is 1. The van der Waals surface area contributed by atoms with Crippen LogP contribution in [0.4, 0.5) is 0 Å². The Morgan fingerprint density at radius 2 is 2.24 bits per heavy atom. The topological polar surface area (TPSA) is 43.8 Å². The molecule has 90 valence electrons. The molecule has 4 heteroatoms. The van der Waals surface area contributed by atoms with Crippen LogP contribution in [0.5, 0.6) is 0 Å². The molecule has 0 aliphatic heterocycles. The molecule has 1 aromatic carbocycles. The minimum atomic E-state index is -0.238. The summed E-state index contributed by atoms with van der Waals surface area (Å²) < 4.78 is 2.16. The van der Waals surface area contributed by atoms with E-state index in [1.54, 1.807) is 0 Å². The largest absolute Gasteiger partial charge is 0.325 e. The van der Waals surface area contributed by atoms with Crippen molar-refractivity contribution in [3.05, 3.63) is 29.0 Å². The zero-order valence-corrected chi connectivity index (χ0v) is 10.7. The zero-order valence-electron chi connectivity index (χ0n) is 9.91. The van der Waals surface area contributed by atoms with Crippen molar-refractivity contribution in [1.29, 1.82) is 0 Å². The number of rotatable bonds is 2. The van der Waals surface area contributed by atoms with E-state index < -0.39 is 0 Å². The van der Waals surface area contributed by atoms with Gasteiger partial charge in [-0.3, -0.25) is 0 Å². The standard InChI is InChI=1S/C13H16ClN3/c1-2-17-11-9(14)5-3-6-10(11)16-12(17)13(15)7-4-8-13/h3,5-6H,2,4,7-8,15H2,1H3. The molecule has 0 spiro atoms. The normalized spacial score (nSPS) is 18.3. The van der Waals surface area contributed by atoms with Crippen LogP contribution in [0.25, 0.3) is 11.0 Å². The number of para-hydroxylation sites is 1. The number of nitrogens with zero attached hydrogens (tertiary/aromatic N) is 2. The third-order valence-corrected chi connectivity index (χ3v) is 4.03. The van der Waals surface area contributed by atoms with E-state index in [-0.39, 0.29) is 5.54 Å². The van der Waals surface area contributed by atoms with Crippen LogP contribution in [-0.4, -0.2) is 9.55 Å². The molecule has 1 heterocycles. The number of nitrogens with two attached hydrogens (primary N) is 1. The summed E-state index contributed by atoms with van der Waals surface area (Å²) >= 11 is 6.26. The predicted molar refractivity (Wildman–Crippen MR) is 70.1 cm³/mol. The Morgan fingerprint density at radius 1 is 1.47 bits per heavy atom. The molecule has 3 nitrogen and oxygen atoms in total. The lowest BCUT2D eigenvalue weighted by atomic mass is 9.77. The smallest absolute Gasteiger partial charge is 0.130 e. The number of fused-ring (bicyclic) bond motifs is 1. The Morgan fingerprint density at radius 3 is 2.82 bits per heavy atom. The fourth-order valence-electron chi connectivity index (χ4n) is 2.61. The van der Waals surface area contributed by atoms with E-state index in [9.17, 15) is 0 Å². The summed E-state index contributed by atoms with van der Waals surface area (Å²) in [6, 6.07) is 5.84. The summed E-state index contributed by atoms with van der Waals surface area (Å²) in [6.07, 6.45) is 3.24. The third-order valence-electron chi connectivity index (χ3n) is 3.72. The lowest BCUT2D eigenvalue weighted by Crippen LogP contribution is -2.45. The van der Waals surface area contributed by atoms with Crippen molar-refractivity contribution in [1.82, 2.24) is 9.55 Å². The van der Waals surface area contributed by atoms with E-state index >= 15 is 0 Å². The van der Waals surface area contributed by atoms with Crippen molar-refractivity contribution in [2.75, 3.05) is 0 Å². The summed E-state index contributed by atoms with van der Waals surface area (Å²) in [5.74, 6) is 0.995. The van der Waals surface area contributed by atoms with Gasteiger partial charge in [-0.1, -0.05) is 17.7 Å². The molecular formula is C13H16ClN3. The molecule has 0 amide bonds. The van der Waals surface area contributed by atoms with E-state index in [0.717, 1.165) is 41.3 Å². The van der Waals surface area contributed by atoms with Gasteiger partial charge in [-0.2, -0.15) is 0 Å². The van der Waals surface area contributed by atoms with Crippen molar-refractivity contribution in [2.45, 2.75) is 38.3 Å². The zero-order chi connectivity index (χ0) is 12.0. The average Bonchev–Trinajstić information content (AvgIpc) is 2.66. The first-order valence-electron chi connectivity index (χ1n) is 6.10. The first kappa shape index (κ1) is 11.1. The monoisotopic (exact) mass is 249 g/mol. The fourth-order valence-corrected chi connectivity index (χ4v) is 2.88. The van der Waals surface area contributed by atoms with Gasteiger partial charge in [-0.05, 0) is 38.3 Å². The highest BCUT2D eigenvalue weighted by Gasteiger charge is 2.39. The lowest BCUT2D eigenvalue weighted by Gasteiger charge is -2.37. The second-order valence-electron chi connectivity index (χ2n) is 4.80. The van der Waals surface area contributed by atoms with E-state index in [2.05, 4.69) is 11.5 Å². The van der Waals surface area contributed by atoms with Crippen molar-refractivity contribution < 1.29 is 0 Å². The second-order valence-corrected chi connectivity index (χ2v) is 5.20. The molecule has 1 aliphatic carbocycles. The minimum absolute atomic E-state index is 0.238. The van der Waals surface area contributed by atoms with E-state index in [0.29, 0.717) is 0 Å². The molecule has 3 rings (SSSR count). The van der Waals surface area contributed by atoms with E-state index in [4.69, 9.17) is 22.3 Å². The van der Waals surface area contributed by atoms with Gasteiger partial charge in [0.2, 0.25) is 0 Å². The SMILES string of the molecule is CCn1c(C2(N)CCC2)nc2cccc(Cl)c21. The van der Waals surface area contributed by atoms with Crippen LogP contribution in [0.15, 0.2) is 18.2 Å². The van der Waals surface area contributed by atoms with Gasteiger partial charge in [-0.15, -0.1) is 0 Å². The van der Waals surface area contributed by atoms with E-state index in [1.165, 1.54) is 6.42 Å². The molecule has 17 heavy (non-hydrogen) atoms. The average molecular weight is 250 g/mol. The van der Waals surface area contributed by atoms with Crippen LogP contribution in [0.3, 0.4) is 0 Å². The maximum atomic E-state index is 6.39. The first-order valence-corrected chi connectivity index (χ1v) is 6.47. The molecule has 1 aliphatic rings. The molecule has 2 aromatic rings. The van der Waals surface area contributed by atoms with Crippen molar-refractivity contribution in [3.8, 4) is 0 Å². The summed E-state index contributed by atoms with van der Waals surface area (Å²) in [7, 11) is 0. The number of aromatic nitrogens is 2. The maximum Gasteiger partial charge on any atom is 0.130 e. The van der Waals surface area contributed by atoms with Gasteiger partial charge in [0, 0.05) is 6.54 Å². The van der Waals surface area contributed by atoms with Crippen LogP contribution in [-0.2, 0) is 12.1 Å². The van der Waals surface area contributed by atoms with Gasteiger partial charge in [0.25, 0.3) is 0 Å². The molecule has 1 fully saturated rings. The summed E-state index contributed by atoms with van der Waals surface area (Å²) in [6.45, 7) is 2.96. The molecule has 0 unspecified atom stereocenters. The van der Waals surface area contributed by atoms with Crippen LogP contribution in [0.1, 0.15) is 32.0 Å². The van der Waals surface area contributed by atoms with Gasteiger partial charge in [0.15, 0.2) is 0 Å². The molecule has 0 radical (unpaired) electrons. The molecule has 0 bridgehead atoms. The predicted octanol–water partition coefficient (Wildman–Crippen LogP) is 3.05. The number of aryl methyl sites for hydroxylation is 1. The highest BCUT2D eigenvalue weighted by atomic mass is 35.5. The van der Waals surface area contributed by atoms with Gasteiger partial charge in [-0.25, -0.2) is 4.98 Å². The van der Waals surface area contributed by atoms with Gasteiger partial charge in [0.1, 0.15) is 5.82 Å². The number of hydrogen-bond acceptors (Lipinski definition) is 2.